The number of amides is 1. The van der Waals surface area contributed by atoms with Gasteiger partial charge in [-0.05, 0) is 43.9 Å². The van der Waals surface area contributed by atoms with E-state index in [-0.39, 0.29) is 5.91 Å². The summed E-state index contributed by atoms with van der Waals surface area (Å²) in [5.41, 5.74) is 0.801. The van der Waals surface area contributed by atoms with Gasteiger partial charge in [0.25, 0.3) is 5.91 Å². The molecule has 1 saturated heterocycles. The molecule has 3 heteroatoms. The number of benzene rings is 1. The summed E-state index contributed by atoms with van der Waals surface area (Å²) in [5, 5.41) is 3.60. The molecule has 1 aromatic rings. The number of nitrogens with zero attached hydrogens (tertiary/aromatic N) is 1. The summed E-state index contributed by atoms with van der Waals surface area (Å²) in [5.74, 6) is 0.897. The van der Waals surface area contributed by atoms with Crippen LogP contribution in [0.3, 0.4) is 0 Å². The molecule has 2 rings (SSSR count). The minimum Gasteiger partial charge on any atom is -0.337 e. The molecule has 3 nitrogen and oxygen atoms in total. The van der Waals surface area contributed by atoms with Crippen LogP contribution in [0.2, 0.25) is 0 Å². The third-order valence-corrected chi connectivity index (χ3v) is 3.88. The van der Waals surface area contributed by atoms with E-state index >= 15 is 0 Å². The van der Waals surface area contributed by atoms with E-state index in [1.54, 1.807) is 0 Å². The Morgan fingerprint density at radius 2 is 2.10 bits per heavy atom. The number of rotatable bonds is 5. The molecule has 0 aliphatic carbocycles. The average molecular weight is 274 g/mol. The van der Waals surface area contributed by atoms with Crippen molar-refractivity contribution in [3.05, 3.63) is 35.9 Å². The molecule has 1 aliphatic heterocycles. The summed E-state index contributed by atoms with van der Waals surface area (Å²) in [6.07, 6.45) is 3.47. The molecule has 1 aliphatic rings. The molecule has 1 heterocycles. The first kappa shape index (κ1) is 15.0. The molecule has 0 radical (unpaired) electrons. The fraction of sp³-hybridized carbons (Fsp3) is 0.588. The van der Waals surface area contributed by atoms with Crippen molar-refractivity contribution in [3.8, 4) is 0 Å². The average Bonchev–Trinajstić information content (AvgIpc) is 2.47. The minimum atomic E-state index is 0.168. The monoisotopic (exact) mass is 274 g/mol. The van der Waals surface area contributed by atoms with Crippen molar-refractivity contribution in [2.75, 3.05) is 19.6 Å². The second kappa shape index (κ2) is 7.44. The number of piperidine rings is 1. The minimum absolute atomic E-state index is 0.168. The van der Waals surface area contributed by atoms with Crippen LogP contribution in [0.1, 0.15) is 43.5 Å². The Hall–Kier alpha value is -1.35. The van der Waals surface area contributed by atoms with Gasteiger partial charge in [-0.3, -0.25) is 4.79 Å². The highest BCUT2D eigenvalue weighted by atomic mass is 16.2. The Morgan fingerprint density at radius 3 is 2.80 bits per heavy atom. The first-order valence-electron chi connectivity index (χ1n) is 7.74. The number of hydrogen-bond donors (Lipinski definition) is 1. The van der Waals surface area contributed by atoms with Gasteiger partial charge in [0, 0.05) is 24.7 Å². The standard InChI is InChI=1S/C17H26N2O/c1-14(2)10-11-18-16-9-6-12-19(13-16)17(20)15-7-4-3-5-8-15/h3-5,7-8,14,16,18H,6,9-13H2,1-2H3. The zero-order valence-corrected chi connectivity index (χ0v) is 12.6. The predicted octanol–water partition coefficient (Wildman–Crippen LogP) is 2.93. The highest BCUT2D eigenvalue weighted by Crippen LogP contribution is 2.14. The van der Waals surface area contributed by atoms with Crippen LogP contribution in [0.4, 0.5) is 0 Å². The molecule has 0 saturated carbocycles. The molecule has 1 fully saturated rings. The maximum Gasteiger partial charge on any atom is 0.253 e. The largest absolute Gasteiger partial charge is 0.337 e. The molecule has 0 bridgehead atoms. The topological polar surface area (TPSA) is 32.3 Å². The van der Waals surface area contributed by atoms with Gasteiger partial charge in [-0.25, -0.2) is 0 Å². The van der Waals surface area contributed by atoms with Crippen molar-refractivity contribution >= 4 is 5.91 Å². The SMILES string of the molecule is CC(C)CCNC1CCCN(C(=O)c2ccccc2)C1. The highest BCUT2D eigenvalue weighted by molar-refractivity contribution is 5.94. The van der Waals surface area contributed by atoms with Crippen molar-refractivity contribution in [2.45, 2.75) is 39.2 Å². The summed E-state index contributed by atoms with van der Waals surface area (Å²) in [6.45, 7) is 7.26. The first-order valence-corrected chi connectivity index (χ1v) is 7.74. The molecule has 20 heavy (non-hydrogen) atoms. The lowest BCUT2D eigenvalue weighted by Gasteiger charge is -2.33. The molecule has 1 amide bonds. The Labute approximate surface area is 122 Å². The van der Waals surface area contributed by atoms with Crippen molar-refractivity contribution in [1.82, 2.24) is 10.2 Å². The van der Waals surface area contributed by atoms with E-state index in [1.165, 1.54) is 12.8 Å². The second-order valence-electron chi connectivity index (χ2n) is 6.09. The van der Waals surface area contributed by atoms with Crippen molar-refractivity contribution in [1.29, 1.82) is 0 Å². The highest BCUT2D eigenvalue weighted by Gasteiger charge is 2.23. The van der Waals surface area contributed by atoms with E-state index in [2.05, 4.69) is 19.2 Å². The Kier molecular flexibility index (Phi) is 5.60. The van der Waals surface area contributed by atoms with Gasteiger partial charge in [0.1, 0.15) is 0 Å². The van der Waals surface area contributed by atoms with Crippen LogP contribution in [0.25, 0.3) is 0 Å². The van der Waals surface area contributed by atoms with E-state index in [1.807, 2.05) is 35.2 Å². The van der Waals surface area contributed by atoms with Gasteiger partial charge >= 0.3 is 0 Å². The summed E-state index contributed by atoms with van der Waals surface area (Å²) < 4.78 is 0. The summed E-state index contributed by atoms with van der Waals surface area (Å²) in [4.78, 5) is 14.4. The van der Waals surface area contributed by atoms with Crippen LogP contribution in [0.5, 0.6) is 0 Å². The third kappa shape index (κ3) is 4.34. The molecule has 1 atom stereocenters. The molecular weight excluding hydrogens is 248 g/mol. The lowest BCUT2D eigenvalue weighted by molar-refractivity contribution is 0.0694. The van der Waals surface area contributed by atoms with Gasteiger partial charge in [0.2, 0.25) is 0 Å². The van der Waals surface area contributed by atoms with Gasteiger partial charge < -0.3 is 10.2 Å². The lowest BCUT2D eigenvalue weighted by atomic mass is 10.0. The van der Waals surface area contributed by atoms with Gasteiger partial charge in [-0.2, -0.15) is 0 Å². The number of hydrogen-bond acceptors (Lipinski definition) is 2. The summed E-state index contributed by atoms with van der Waals surface area (Å²) in [7, 11) is 0. The van der Waals surface area contributed by atoms with Crippen LogP contribution >= 0.6 is 0 Å². The Morgan fingerprint density at radius 1 is 1.35 bits per heavy atom. The number of likely N-dealkylation sites (tertiary alicyclic amines) is 1. The van der Waals surface area contributed by atoms with E-state index in [9.17, 15) is 4.79 Å². The Bertz CT molecular complexity index is 416. The number of carbonyl (C=O) groups excluding carboxylic acids is 1. The maximum atomic E-state index is 12.4. The van der Waals surface area contributed by atoms with Crippen LogP contribution < -0.4 is 5.32 Å². The number of carbonyl (C=O) groups is 1. The van der Waals surface area contributed by atoms with Crippen LogP contribution in [-0.4, -0.2) is 36.5 Å². The van der Waals surface area contributed by atoms with E-state index < -0.39 is 0 Å². The van der Waals surface area contributed by atoms with Gasteiger partial charge in [0.15, 0.2) is 0 Å². The van der Waals surface area contributed by atoms with Crippen LogP contribution in [-0.2, 0) is 0 Å². The summed E-state index contributed by atoms with van der Waals surface area (Å²) >= 11 is 0. The fourth-order valence-electron chi connectivity index (χ4n) is 2.67. The molecule has 110 valence electrons. The molecule has 1 N–H and O–H groups in total. The van der Waals surface area contributed by atoms with Gasteiger partial charge in [-0.1, -0.05) is 32.0 Å². The zero-order valence-electron chi connectivity index (χ0n) is 12.6. The molecular formula is C17H26N2O. The van der Waals surface area contributed by atoms with E-state index in [0.29, 0.717) is 6.04 Å². The normalized spacial score (nSPS) is 19.4. The van der Waals surface area contributed by atoms with Gasteiger partial charge in [-0.15, -0.1) is 0 Å². The molecule has 1 aromatic carbocycles. The predicted molar refractivity (Wildman–Crippen MR) is 82.8 cm³/mol. The lowest BCUT2D eigenvalue weighted by Crippen LogP contribution is -2.48. The molecule has 0 spiro atoms. The van der Waals surface area contributed by atoms with Crippen molar-refractivity contribution < 1.29 is 4.79 Å². The van der Waals surface area contributed by atoms with E-state index in [4.69, 9.17) is 0 Å². The quantitative estimate of drug-likeness (QED) is 0.895. The molecule has 1 unspecified atom stereocenters. The first-order chi connectivity index (χ1) is 9.66. The number of nitrogens with one attached hydrogen (secondary N) is 1. The Balaban J connectivity index is 1.85. The smallest absolute Gasteiger partial charge is 0.253 e. The van der Waals surface area contributed by atoms with Crippen LogP contribution in [0, 0.1) is 5.92 Å². The third-order valence-electron chi connectivity index (χ3n) is 3.88. The van der Waals surface area contributed by atoms with E-state index in [0.717, 1.165) is 37.5 Å². The second-order valence-corrected chi connectivity index (χ2v) is 6.09. The van der Waals surface area contributed by atoms with Gasteiger partial charge in [0.05, 0.1) is 0 Å². The van der Waals surface area contributed by atoms with Crippen LogP contribution in [0.15, 0.2) is 30.3 Å². The fourth-order valence-corrected chi connectivity index (χ4v) is 2.67. The van der Waals surface area contributed by atoms with Crippen molar-refractivity contribution in [2.24, 2.45) is 5.92 Å². The molecule has 0 aromatic heterocycles. The van der Waals surface area contributed by atoms with Crippen molar-refractivity contribution in [3.63, 3.8) is 0 Å². The maximum absolute atomic E-state index is 12.4. The summed E-state index contributed by atoms with van der Waals surface area (Å²) in [6, 6.07) is 10.1. The zero-order chi connectivity index (χ0) is 14.4.